The van der Waals surface area contributed by atoms with Crippen LogP contribution in [0, 0.1) is 3.57 Å². The zero-order valence-electron chi connectivity index (χ0n) is 8.83. The van der Waals surface area contributed by atoms with Gasteiger partial charge in [0, 0.05) is 14.7 Å². The maximum Gasteiger partial charge on any atom is 0.427 e. The summed E-state index contributed by atoms with van der Waals surface area (Å²) in [5, 5.41) is 9.13. The lowest BCUT2D eigenvalue weighted by atomic mass is 10.1. The average molecular weight is 385 g/mol. The molecule has 1 heterocycles. The van der Waals surface area contributed by atoms with E-state index in [1.807, 2.05) is 0 Å². The van der Waals surface area contributed by atoms with Gasteiger partial charge in [-0.25, -0.2) is 0 Å². The molecule has 0 bridgehead atoms. The quantitative estimate of drug-likeness (QED) is 0.795. The summed E-state index contributed by atoms with van der Waals surface area (Å²) in [6, 6.07) is 6.94. The maximum absolute atomic E-state index is 12.7. The van der Waals surface area contributed by atoms with Crippen molar-refractivity contribution in [3.63, 3.8) is 0 Å². The summed E-state index contributed by atoms with van der Waals surface area (Å²) < 4.78 is 42.9. The Kier molecular flexibility index (Phi) is 3.93. The van der Waals surface area contributed by atoms with E-state index in [0.717, 1.165) is 3.57 Å². The second-order valence-corrected chi connectivity index (χ2v) is 5.52. The van der Waals surface area contributed by atoms with Crippen molar-refractivity contribution in [1.29, 1.82) is 0 Å². The molecule has 1 aromatic carbocycles. The van der Waals surface area contributed by atoms with Gasteiger partial charge in [0.2, 0.25) is 0 Å². The van der Waals surface area contributed by atoms with Crippen molar-refractivity contribution in [2.45, 2.75) is 12.8 Å². The molecule has 0 spiro atoms. The van der Waals surface area contributed by atoms with Crippen molar-refractivity contribution in [2.24, 2.45) is 0 Å². The van der Waals surface area contributed by atoms with Crippen LogP contribution in [0.3, 0.4) is 0 Å². The number of rotatable bonds is 2. The van der Waals surface area contributed by atoms with E-state index >= 15 is 0 Å². The Balaban J connectivity index is 2.52. The van der Waals surface area contributed by atoms with E-state index in [-0.39, 0.29) is 11.3 Å². The van der Waals surface area contributed by atoms with Crippen LogP contribution in [0.25, 0.3) is 11.3 Å². The normalized spacial score (nSPS) is 11.8. The van der Waals surface area contributed by atoms with Crippen LogP contribution in [0.5, 0.6) is 0 Å². The molecule has 0 saturated carbocycles. The highest BCUT2D eigenvalue weighted by molar-refractivity contribution is 14.1. The van der Waals surface area contributed by atoms with Crippen molar-refractivity contribution >= 4 is 34.1 Å². The molecule has 0 amide bonds. The zero-order chi connectivity index (χ0) is 13.3. The SMILES string of the molecule is OCc1c(-c2ccc(I)cc2)nsc1C(F)(F)F. The highest BCUT2D eigenvalue weighted by Crippen LogP contribution is 2.39. The topological polar surface area (TPSA) is 33.1 Å². The van der Waals surface area contributed by atoms with Gasteiger partial charge in [-0.1, -0.05) is 12.1 Å². The third-order valence-corrected chi connectivity index (χ3v) is 3.97. The van der Waals surface area contributed by atoms with Crippen LogP contribution in [0.1, 0.15) is 10.4 Å². The van der Waals surface area contributed by atoms with E-state index in [0.29, 0.717) is 17.1 Å². The Morgan fingerprint density at radius 3 is 2.33 bits per heavy atom. The predicted molar refractivity (Wildman–Crippen MR) is 71.2 cm³/mol. The Labute approximate surface area is 119 Å². The van der Waals surface area contributed by atoms with Crippen molar-refractivity contribution in [2.75, 3.05) is 0 Å². The number of benzene rings is 1. The molecule has 1 N–H and O–H groups in total. The van der Waals surface area contributed by atoms with Gasteiger partial charge < -0.3 is 5.11 Å². The van der Waals surface area contributed by atoms with E-state index in [1.54, 1.807) is 24.3 Å². The fraction of sp³-hybridized carbons (Fsp3) is 0.182. The van der Waals surface area contributed by atoms with Gasteiger partial charge in [0.1, 0.15) is 4.88 Å². The number of aliphatic hydroxyl groups excluding tert-OH is 1. The molecule has 0 aliphatic heterocycles. The van der Waals surface area contributed by atoms with Crippen LogP contribution >= 0.6 is 34.1 Å². The minimum Gasteiger partial charge on any atom is -0.392 e. The summed E-state index contributed by atoms with van der Waals surface area (Å²) in [6.07, 6.45) is -4.48. The van der Waals surface area contributed by atoms with E-state index in [1.165, 1.54) is 0 Å². The molecule has 7 heteroatoms. The highest BCUT2D eigenvalue weighted by Gasteiger charge is 2.37. The fourth-order valence-corrected chi connectivity index (χ4v) is 2.65. The molecule has 1 aromatic heterocycles. The molecule has 0 fully saturated rings. The largest absolute Gasteiger partial charge is 0.427 e. The second kappa shape index (κ2) is 5.14. The molecule has 0 aliphatic rings. The molecule has 0 aliphatic carbocycles. The summed E-state index contributed by atoms with van der Waals surface area (Å²) in [6.45, 7) is -0.674. The summed E-state index contributed by atoms with van der Waals surface area (Å²) in [5.74, 6) is 0. The van der Waals surface area contributed by atoms with Crippen LogP contribution in [-0.4, -0.2) is 9.48 Å². The smallest absolute Gasteiger partial charge is 0.392 e. The number of hydrogen-bond acceptors (Lipinski definition) is 3. The number of nitrogens with zero attached hydrogens (tertiary/aromatic N) is 1. The Hall–Kier alpha value is -0.670. The minimum absolute atomic E-state index is 0.159. The van der Waals surface area contributed by atoms with E-state index in [9.17, 15) is 13.2 Å². The van der Waals surface area contributed by atoms with E-state index in [2.05, 4.69) is 27.0 Å². The van der Waals surface area contributed by atoms with Crippen molar-refractivity contribution in [1.82, 2.24) is 4.37 Å². The van der Waals surface area contributed by atoms with Crippen LogP contribution in [0.4, 0.5) is 13.2 Å². The van der Waals surface area contributed by atoms with Crippen molar-refractivity contribution < 1.29 is 18.3 Å². The van der Waals surface area contributed by atoms with Crippen molar-refractivity contribution in [3.05, 3.63) is 38.3 Å². The van der Waals surface area contributed by atoms with Gasteiger partial charge in [-0.15, -0.1) is 0 Å². The summed E-state index contributed by atoms with van der Waals surface area (Å²) in [7, 11) is 0. The molecule has 2 aromatic rings. The molecular formula is C11H7F3INOS. The standard InChI is InChI=1S/C11H7F3INOS/c12-11(13,14)10-8(5-17)9(16-18-10)6-1-3-7(15)4-2-6/h1-4,17H,5H2. The first-order valence-corrected chi connectivity index (χ1v) is 6.71. The first-order chi connectivity index (χ1) is 8.43. The van der Waals surface area contributed by atoms with E-state index in [4.69, 9.17) is 5.11 Å². The monoisotopic (exact) mass is 385 g/mol. The van der Waals surface area contributed by atoms with Gasteiger partial charge in [0.05, 0.1) is 12.3 Å². The number of aromatic nitrogens is 1. The number of hydrogen-bond donors (Lipinski definition) is 1. The first kappa shape index (κ1) is 13.8. The van der Waals surface area contributed by atoms with Gasteiger partial charge in [0.15, 0.2) is 0 Å². The van der Waals surface area contributed by atoms with Crippen molar-refractivity contribution in [3.8, 4) is 11.3 Å². The fourth-order valence-electron chi connectivity index (χ4n) is 1.51. The number of aliphatic hydroxyl groups is 1. The Bertz CT molecular complexity index is 550. The molecule has 0 saturated heterocycles. The maximum atomic E-state index is 12.7. The third kappa shape index (κ3) is 2.67. The lowest BCUT2D eigenvalue weighted by molar-refractivity contribution is -0.135. The molecular weight excluding hydrogens is 378 g/mol. The van der Waals surface area contributed by atoms with Gasteiger partial charge in [-0.05, 0) is 46.3 Å². The predicted octanol–water partition coefficient (Wildman–Crippen LogP) is 3.93. The third-order valence-electron chi connectivity index (χ3n) is 2.32. The summed E-state index contributed by atoms with van der Waals surface area (Å²) >= 11 is 2.47. The van der Waals surface area contributed by atoms with Gasteiger partial charge >= 0.3 is 6.18 Å². The number of halogens is 4. The molecule has 0 unspecified atom stereocenters. The summed E-state index contributed by atoms with van der Waals surface area (Å²) in [4.78, 5) is -0.835. The molecule has 2 rings (SSSR count). The van der Waals surface area contributed by atoms with Crippen LogP contribution in [0.15, 0.2) is 24.3 Å². The molecule has 18 heavy (non-hydrogen) atoms. The van der Waals surface area contributed by atoms with Gasteiger partial charge in [-0.2, -0.15) is 17.5 Å². The molecule has 0 radical (unpaired) electrons. The summed E-state index contributed by atoms with van der Waals surface area (Å²) in [5.41, 5.74) is 0.617. The lowest BCUT2D eigenvalue weighted by Crippen LogP contribution is -2.05. The second-order valence-electron chi connectivity index (χ2n) is 3.50. The van der Waals surface area contributed by atoms with Crippen LogP contribution in [0.2, 0.25) is 0 Å². The molecule has 96 valence electrons. The average Bonchev–Trinajstić information content (AvgIpc) is 2.73. The first-order valence-electron chi connectivity index (χ1n) is 4.86. The highest BCUT2D eigenvalue weighted by atomic mass is 127. The van der Waals surface area contributed by atoms with Crippen LogP contribution in [-0.2, 0) is 12.8 Å². The molecule has 2 nitrogen and oxygen atoms in total. The zero-order valence-corrected chi connectivity index (χ0v) is 11.8. The van der Waals surface area contributed by atoms with Gasteiger partial charge in [0.25, 0.3) is 0 Å². The Morgan fingerprint density at radius 2 is 1.83 bits per heavy atom. The number of alkyl halides is 3. The molecule has 0 atom stereocenters. The van der Waals surface area contributed by atoms with E-state index < -0.39 is 17.7 Å². The minimum atomic E-state index is -4.48. The van der Waals surface area contributed by atoms with Crippen LogP contribution < -0.4 is 0 Å². The Morgan fingerprint density at radius 1 is 1.22 bits per heavy atom. The lowest BCUT2D eigenvalue weighted by Gasteiger charge is -2.06. The van der Waals surface area contributed by atoms with Gasteiger partial charge in [-0.3, -0.25) is 0 Å².